The van der Waals surface area contributed by atoms with Crippen LogP contribution >= 0.6 is 11.3 Å². The Labute approximate surface area is 131 Å². The van der Waals surface area contributed by atoms with Crippen LogP contribution in [0.3, 0.4) is 0 Å². The lowest BCUT2D eigenvalue weighted by molar-refractivity contribution is 0.0955. The summed E-state index contributed by atoms with van der Waals surface area (Å²) in [5.41, 5.74) is 7.37. The molecule has 0 atom stereocenters. The van der Waals surface area contributed by atoms with Gasteiger partial charge < -0.3 is 11.1 Å². The molecule has 2 aromatic heterocycles. The number of benzene rings is 1. The Kier molecular flexibility index (Phi) is 4.11. The van der Waals surface area contributed by atoms with Gasteiger partial charge in [0.05, 0.1) is 15.4 Å². The number of nitrogen functional groups attached to an aromatic ring is 1. The van der Waals surface area contributed by atoms with Gasteiger partial charge in [-0.3, -0.25) is 4.79 Å². The number of nitrogens with zero attached hydrogens (tertiary/aromatic N) is 2. The predicted molar refractivity (Wildman–Crippen MR) is 87.4 cm³/mol. The van der Waals surface area contributed by atoms with E-state index in [0.29, 0.717) is 11.4 Å². The Morgan fingerprint density at radius 2 is 1.95 bits per heavy atom. The minimum absolute atomic E-state index is 0.0952. The first-order valence-corrected chi connectivity index (χ1v) is 7.55. The van der Waals surface area contributed by atoms with Gasteiger partial charge in [0, 0.05) is 12.7 Å². The standard InChI is InChI=1S/C16H14N4OS/c17-16-18-9-8-12(20-16)13-6-7-14(22-13)15(21)19-10-11-4-2-1-3-5-11/h1-9H,10H2,(H,19,21)(H2,17,18,20). The van der Waals surface area contributed by atoms with Crippen molar-refractivity contribution in [3.63, 3.8) is 0 Å². The van der Waals surface area contributed by atoms with E-state index < -0.39 is 0 Å². The van der Waals surface area contributed by atoms with Crippen LogP contribution in [0.5, 0.6) is 0 Å². The summed E-state index contributed by atoms with van der Waals surface area (Å²) in [6.07, 6.45) is 1.60. The van der Waals surface area contributed by atoms with Gasteiger partial charge in [0.15, 0.2) is 0 Å². The van der Waals surface area contributed by atoms with Gasteiger partial charge in [0.1, 0.15) is 0 Å². The van der Waals surface area contributed by atoms with E-state index in [2.05, 4.69) is 15.3 Å². The molecule has 3 N–H and O–H groups in total. The fourth-order valence-corrected chi connectivity index (χ4v) is 2.87. The highest BCUT2D eigenvalue weighted by molar-refractivity contribution is 7.17. The lowest BCUT2D eigenvalue weighted by Gasteiger charge is -2.03. The summed E-state index contributed by atoms with van der Waals surface area (Å²) in [4.78, 5) is 21.7. The normalized spacial score (nSPS) is 10.4. The molecule has 0 spiro atoms. The molecule has 110 valence electrons. The van der Waals surface area contributed by atoms with Gasteiger partial charge >= 0.3 is 0 Å². The smallest absolute Gasteiger partial charge is 0.261 e. The molecule has 0 fully saturated rings. The van der Waals surface area contributed by atoms with Crippen LogP contribution in [0, 0.1) is 0 Å². The van der Waals surface area contributed by atoms with E-state index >= 15 is 0 Å². The van der Waals surface area contributed by atoms with Crippen molar-refractivity contribution in [3.05, 3.63) is 65.2 Å². The first kappa shape index (κ1) is 14.2. The molecule has 2 heterocycles. The molecular formula is C16H14N4OS. The van der Waals surface area contributed by atoms with Crippen molar-refractivity contribution in [1.29, 1.82) is 0 Å². The molecule has 0 saturated heterocycles. The quantitative estimate of drug-likeness (QED) is 0.776. The van der Waals surface area contributed by atoms with Crippen molar-refractivity contribution >= 4 is 23.2 Å². The molecule has 22 heavy (non-hydrogen) atoms. The van der Waals surface area contributed by atoms with Crippen LogP contribution < -0.4 is 11.1 Å². The van der Waals surface area contributed by atoms with Gasteiger partial charge in [-0.25, -0.2) is 9.97 Å². The average molecular weight is 310 g/mol. The second-order valence-electron chi connectivity index (χ2n) is 4.63. The number of anilines is 1. The summed E-state index contributed by atoms with van der Waals surface area (Å²) in [5.74, 6) is 0.128. The van der Waals surface area contributed by atoms with Crippen molar-refractivity contribution in [2.75, 3.05) is 5.73 Å². The molecule has 1 aromatic carbocycles. The third-order valence-electron chi connectivity index (χ3n) is 3.05. The summed E-state index contributed by atoms with van der Waals surface area (Å²) in [5, 5.41) is 2.91. The number of nitrogens with two attached hydrogens (primary N) is 1. The minimum Gasteiger partial charge on any atom is -0.368 e. The zero-order valence-corrected chi connectivity index (χ0v) is 12.5. The molecule has 0 saturated carbocycles. The van der Waals surface area contributed by atoms with Crippen LogP contribution in [-0.4, -0.2) is 15.9 Å². The molecule has 3 aromatic rings. The molecule has 0 bridgehead atoms. The third-order valence-corrected chi connectivity index (χ3v) is 4.16. The van der Waals surface area contributed by atoms with Gasteiger partial charge in [0.2, 0.25) is 5.95 Å². The lowest BCUT2D eigenvalue weighted by Crippen LogP contribution is -2.21. The van der Waals surface area contributed by atoms with Gasteiger partial charge in [0.25, 0.3) is 5.91 Å². The molecule has 0 aliphatic heterocycles. The van der Waals surface area contributed by atoms with Crippen LogP contribution in [0.15, 0.2) is 54.7 Å². The molecule has 0 unspecified atom stereocenters. The number of aromatic nitrogens is 2. The Hall–Kier alpha value is -2.73. The number of hydrogen-bond acceptors (Lipinski definition) is 5. The van der Waals surface area contributed by atoms with Gasteiger partial charge in [-0.2, -0.15) is 0 Å². The first-order valence-electron chi connectivity index (χ1n) is 6.73. The summed E-state index contributed by atoms with van der Waals surface area (Å²) >= 11 is 1.38. The number of hydrogen-bond donors (Lipinski definition) is 2. The van der Waals surface area contributed by atoms with Crippen molar-refractivity contribution in [2.24, 2.45) is 0 Å². The van der Waals surface area contributed by atoms with E-state index in [1.807, 2.05) is 36.4 Å². The zero-order valence-electron chi connectivity index (χ0n) is 11.7. The maximum atomic E-state index is 12.2. The second-order valence-corrected chi connectivity index (χ2v) is 5.72. The van der Waals surface area contributed by atoms with Gasteiger partial charge in [-0.05, 0) is 23.8 Å². The molecule has 0 aliphatic rings. The maximum Gasteiger partial charge on any atom is 0.261 e. The number of thiophene rings is 1. The van der Waals surface area contributed by atoms with Crippen molar-refractivity contribution < 1.29 is 4.79 Å². The highest BCUT2D eigenvalue weighted by atomic mass is 32.1. The molecule has 6 heteroatoms. The Balaban J connectivity index is 1.69. The number of amides is 1. The van der Waals surface area contributed by atoms with E-state index in [0.717, 1.165) is 16.1 Å². The fraction of sp³-hybridized carbons (Fsp3) is 0.0625. The number of carbonyl (C=O) groups is 1. The molecular weight excluding hydrogens is 296 g/mol. The van der Waals surface area contributed by atoms with E-state index in [9.17, 15) is 4.79 Å². The molecule has 0 radical (unpaired) electrons. The Bertz CT molecular complexity index is 786. The van der Waals surface area contributed by atoms with E-state index in [4.69, 9.17) is 5.73 Å². The van der Waals surface area contributed by atoms with Crippen LogP contribution in [0.4, 0.5) is 5.95 Å². The van der Waals surface area contributed by atoms with E-state index in [-0.39, 0.29) is 11.9 Å². The average Bonchev–Trinajstić information content (AvgIpc) is 3.04. The number of nitrogens with one attached hydrogen (secondary N) is 1. The minimum atomic E-state index is -0.0952. The Morgan fingerprint density at radius 3 is 2.73 bits per heavy atom. The molecule has 0 aliphatic carbocycles. The van der Waals surface area contributed by atoms with Crippen molar-refractivity contribution in [3.8, 4) is 10.6 Å². The van der Waals surface area contributed by atoms with Crippen LogP contribution in [-0.2, 0) is 6.54 Å². The summed E-state index contributed by atoms with van der Waals surface area (Å²) < 4.78 is 0. The SMILES string of the molecule is Nc1nccc(-c2ccc(C(=O)NCc3ccccc3)s2)n1. The molecule has 3 rings (SSSR count). The highest BCUT2D eigenvalue weighted by Crippen LogP contribution is 2.26. The molecule has 5 nitrogen and oxygen atoms in total. The lowest BCUT2D eigenvalue weighted by atomic mass is 10.2. The zero-order chi connectivity index (χ0) is 15.4. The van der Waals surface area contributed by atoms with E-state index in [1.54, 1.807) is 18.3 Å². The van der Waals surface area contributed by atoms with Crippen molar-refractivity contribution in [1.82, 2.24) is 15.3 Å². The number of carbonyl (C=O) groups excluding carboxylic acids is 1. The van der Waals surface area contributed by atoms with Gasteiger partial charge in [-0.1, -0.05) is 30.3 Å². The van der Waals surface area contributed by atoms with Gasteiger partial charge in [-0.15, -0.1) is 11.3 Å². The topological polar surface area (TPSA) is 80.9 Å². The first-order chi connectivity index (χ1) is 10.7. The largest absolute Gasteiger partial charge is 0.368 e. The van der Waals surface area contributed by atoms with Crippen LogP contribution in [0.2, 0.25) is 0 Å². The van der Waals surface area contributed by atoms with Crippen LogP contribution in [0.25, 0.3) is 10.6 Å². The third kappa shape index (κ3) is 3.29. The monoisotopic (exact) mass is 310 g/mol. The predicted octanol–water partition coefficient (Wildman–Crippen LogP) is 2.72. The summed E-state index contributed by atoms with van der Waals surface area (Å²) in [7, 11) is 0. The fourth-order valence-electron chi connectivity index (χ4n) is 1.97. The van der Waals surface area contributed by atoms with Crippen molar-refractivity contribution in [2.45, 2.75) is 6.54 Å². The van der Waals surface area contributed by atoms with Crippen LogP contribution in [0.1, 0.15) is 15.2 Å². The van der Waals surface area contributed by atoms with E-state index in [1.165, 1.54) is 11.3 Å². The summed E-state index contributed by atoms with van der Waals surface area (Å²) in [6.45, 7) is 0.507. The number of rotatable bonds is 4. The summed E-state index contributed by atoms with van der Waals surface area (Å²) in [6, 6.07) is 15.2. The second kappa shape index (κ2) is 6.36. The Morgan fingerprint density at radius 1 is 1.14 bits per heavy atom. The molecule has 1 amide bonds. The maximum absolute atomic E-state index is 12.2. The highest BCUT2D eigenvalue weighted by Gasteiger charge is 2.11.